The molecule has 0 fully saturated rings. The molecule has 2 aromatic rings. The van der Waals surface area contributed by atoms with Gasteiger partial charge in [-0.15, -0.1) is 0 Å². The van der Waals surface area contributed by atoms with Crippen LogP contribution in [0.25, 0.3) is 0 Å². The SMILES string of the molecule is Oc1ccc(Cl)cc1C=NCCN=Cc1cc(Cl)ccc1O.[Au]. The van der Waals surface area contributed by atoms with Crippen LogP contribution >= 0.6 is 23.2 Å². The summed E-state index contributed by atoms with van der Waals surface area (Å²) in [5.41, 5.74) is 1.12. The second-order valence-electron chi connectivity index (χ2n) is 4.48. The number of phenolic OH excluding ortho intramolecular Hbond substituents is 2. The Morgan fingerprint density at radius 3 is 1.57 bits per heavy atom. The molecule has 0 bridgehead atoms. The molecule has 0 saturated carbocycles. The first-order valence-corrected chi connectivity index (χ1v) is 7.28. The van der Waals surface area contributed by atoms with Gasteiger partial charge < -0.3 is 10.2 Å². The van der Waals surface area contributed by atoms with E-state index < -0.39 is 0 Å². The van der Waals surface area contributed by atoms with Crippen molar-refractivity contribution in [3.8, 4) is 11.5 Å². The fraction of sp³-hybridized carbons (Fsp3) is 0.125. The maximum absolute atomic E-state index is 9.62. The van der Waals surface area contributed by atoms with Gasteiger partial charge in [0, 0.05) is 56.0 Å². The summed E-state index contributed by atoms with van der Waals surface area (Å²) < 4.78 is 0. The van der Waals surface area contributed by atoms with Crippen molar-refractivity contribution in [3.05, 3.63) is 57.6 Å². The molecule has 0 amide bonds. The Balaban J connectivity index is 0.00000264. The van der Waals surface area contributed by atoms with Crippen molar-refractivity contribution in [3.63, 3.8) is 0 Å². The molecule has 2 rings (SSSR count). The van der Waals surface area contributed by atoms with E-state index in [1.807, 2.05) is 0 Å². The standard InChI is InChI=1S/C16H14Cl2N2O2.Au/c17-13-1-3-15(21)11(7-13)9-19-5-6-20-10-12-8-14(18)2-4-16(12)22;/h1-4,7-10,21-22H,5-6H2;. The van der Waals surface area contributed by atoms with Crippen LogP contribution in [-0.4, -0.2) is 35.7 Å². The average molecular weight is 534 g/mol. The minimum Gasteiger partial charge on any atom is -0.507 e. The average Bonchev–Trinajstić information content (AvgIpc) is 2.49. The quantitative estimate of drug-likeness (QED) is 0.347. The molecule has 0 aliphatic rings. The molecule has 0 aliphatic carbocycles. The molecule has 2 N–H and O–H groups in total. The van der Waals surface area contributed by atoms with Gasteiger partial charge in [0.2, 0.25) is 0 Å². The van der Waals surface area contributed by atoms with E-state index in [-0.39, 0.29) is 33.9 Å². The Morgan fingerprint density at radius 1 is 0.783 bits per heavy atom. The molecule has 2 aromatic carbocycles. The van der Waals surface area contributed by atoms with Gasteiger partial charge in [0.25, 0.3) is 0 Å². The minimum atomic E-state index is 0. The van der Waals surface area contributed by atoms with E-state index in [0.717, 1.165) is 0 Å². The topological polar surface area (TPSA) is 65.2 Å². The molecule has 0 saturated heterocycles. The van der Waals surface area contributed by atoms with Crippen molar-refractivity contribution in [2.75, 3.05) is 13.1 Å². The van der Waals surface area contributed by atoms with Crippen molar-refractivity contribution in [2.24, 2.45) is 9.98 Å². The third kappa shape index (κ3) is 6.37. The first kappa shape index (κ1) is 19.7. The smallest absolute Gasteiger partial charge is 0.124 e. The van der Waals surface area contributed by atoms with E-state index in [0.29, 0.717) is 34.3 Å². The fourth-order valence-corrected chi connectivity index (χ4v) is 2.06. The van der Waals surface area contributed by atoms with Crippen LogP contribution in [0.5, 0.6) is 11.5 Å². The van der Waals surface area contributed by atoms with Crippen LogP contribution < -0.4 is 0 Å². The van der Waals surface area contributed by atoms with Crippen molar-refractivity contribution in [1.82, 2.24) is 0 Å². The van der Waals surface area contributed by atoms with Gasteiger partial charge in [-0.1, -0.05) is 23.2 Å². The number of benzene rings is 2. The van der Waals surface area contributed by atoms with Crippen LogP contribution in [0.3, 0.4) is 0 Å². The molecule has 4 nitrogen and oxygen atoms in total. The zero-order valence-electron chi connectivity index (χ0n) is 11.9. The molecule has 7 heteroatoms. The van der Waals surface area contributed by atoms with Crippen LogP contribution in [0.1, 0.15) is 11.1 Å². The van der Waals surface area contributed by atoms with Crippen molar-refractivity contribution < 1.29 is 32.6 Å². The molecular formula is C16H14AuCl2N2O2. The van der Waals surface area contributed by atoms with Gasteiger partial charge in [0.15, 0.2) is 0 Å². The number of nitrogens with zero attached hydrogens (tertiary/aromatic N) is 2. The number of halogens is 2. The maximum Gasteiger partial charge on any atom is 0.124 e. The van der Waals surface area contributed by atoms with Crippen LogP contribution in [0.2, 0.25) is 10.0 Å². The summed E-state index contributed by atoms with van der Waals surface area (Å²) in [5, 5.41) is 20.3. The minimum absolute atomic E-state index is 0. The predicted molar refractivity (Wildman–Crippen MR) is 91.2 cm³/mol. The third-order valence-electron chi connectivity index (χ3n) is 2.80. The van der Waals surface area contributed by atoms with Crippen molar-refractivity contribution in [2.45, 2.75) is 0 Å². The van der Waals surface area contributed by atoms with E-state index in [9.17, 15) is 10.2 Å². The molecule has 1 radical (unpaired) electrons. The van der Waals surface area contributed by atoms with Gasteiger partial charge >= 0.3 is 0 Å². The number of aromatic hydroxyl groups is 2. The van der Waals surface area contributed by atoms with Gasteiger partial charge in [-0.25, -0.2) is 0 Å². The molecule has 23 heavy (non-hydrogen) atoms. The van der Waals surface area contributed by atoms with E-state index in [2.05, 4.69) is 9.98 Å². The van der Waals surface area contributed by atoms with E-state index in [1.54, 1.807) is 36.7 Å². The maximum atomic E-state index is 9.62. The summed E-state index contributed by atoms with van der Waals surface area (Å²) >= 11 is 11.7. The van der Waals surface area contributed by atoms with Gasteiger partial charge in [0.1, 0.15) is 11.5 Å². The molecule has 0 heterocycles. The number of aliphatic imine (C=N–C) groups is 2. The molecule has 0 aliphatic heterocycles. The Kier molecular flexibility index (Phi) is 8.37. The Labute approximate surface area is 160 Å². The van der Waals surface area contributed by atoms with Gasteiger partial charge in [-0.3, -0.25) is 9.98 Å². The van der Waals surface area contributed by atoms with Crippen LogP contribution in [0.4, 0.5) is 0 Å². The summed E-state index contributed by atoms with van der Waals surface area (Å²) in [7, 11) is 0. The normalized spacial score (nSPS) is 11.0. The molecule has 0 atom stereocenters. The summed E-state index contributed by atoms with van der Waals surface area (Å²) in [4.78, 5) is 8.34. The molecular weight excluding hydrogens is 520 g/mol. The molecule has 0 spiro atoms. The summed E-state index contributed by atoms with van der Waals surface area (Å²) in [5.74, 6) is 0.251. The summed E-state index contributed by atoms with van der Waals surface area (Å²) in [6, 6.07) is 9.51. The van der Waals surface area contributed by atoms with E-state index in [1.165, 1.54) is 12.1 Å². The Bertz CT molecular complexity index is 660. The molecule has 0 unspecified atom stereocenters. The predicted octanol–water partition coefficient (Wildman–Crippen LogP) is 3.94. The largest absolute Gasteiger partial charge is 0.507 e. The fourth-order valence-electron chi connectivity index (χ4n) is 1.70. The summed E-state index contributed by atoms with van der Waals surface area (Å²) in [6.45, 7) is 0.896. The third-order valence-corrected chi connectivity index (χ3v) is 3.27. The van der Waals surface area contributed by atoms with E-state index >= 15 is 0 Å². The van der Waals surface area contributed by atoms with Crippen molar-refractivity contribution >= 4 is 35.6 Å². The van der Waals surface area contributed by atoms with Crippen LogP contribution in [0.15, 0.2) is 46.4 Å². The van der Waals surface area contributed by atoms with Gasteiger partial charge in [0.05, 0.1) is 13.1 Å². The second-order valence-corrected chi connectivity index (χ2v) is 5.35. The first-order valence-electron chi connectivity index (χ1n) is 6.53. The van der Waals surface area contributed by atoms with Gasteiger partial charge in [-0.2, -0.15) is 0 Å². The Hall–Kier alpha value is -1.30. The monoisotopic (exact) mass is 533 g/mol. The molecule has 0 aromatic heterocycles. The van der Waals surface area contributed by atoms with Crippen molar-refractivity contribution in [1.29, 1.82) is 0 Å². The first-order chi connectivity index (χ1) is 10.6. The molecule has 125 valence electrons. The summed E-state index contributed by atoms with van der Waals surface area (Å²) in [6.07, 6.45) is 3.10. The zero-order chi connectivity index (χ0) is 15.9. The Morgan fingerprint density at radius 2 is 1.17 bits per heavy atom. The van der Waals surface area contributed by atoms with Crippen LogP contribution in [-0.2, 0) is 22.4 Å². The number of hydrogen-bond acceptors (Lipinski definition) is 4. The van der Waals surface area contributed by atoms with E-state index in [4.69, 9.17) is 23.2 Å². The zero-order valence-corrected chi connectivity index (χ0v) is 15.6. The number of hydrogen-bond donors (Lipinski definition) is 2. The van der Waals surface area contributed by atoms with Crippen LogP contribution in [0, 0.1) is 0 Å². The number of rotatable bonds is 5. The second kappa shape index (κ2) is 9.75. The van der Waals surface area contributed by atoms with Gasteiger partial charge in [-0.05, 0) is 36.4 Å². The number of phenols is 2.